The van der Waals surface area contributed by atoms with Crippen LogP contribution in [-0.4, -0.2) is 0 Å². The van der Waals surface area contributed by atoms with Gasteiger partial charge in [-0.1, -0.05) is 58.9 Å². The summed E-state index contributed by atoms with van der Waals surface area (Å²) in [4.78, 5) is 0. The minimum absolute atomic E-state index is 0.124. The molecule has 0 aliphatic rings. The van der Waals surface area contributed by atoms with Gasteiger partial charge in [0.25, 0.3) is 0 Å². The van der Waals surface area contributed by atoms with Crippen molar-refractivity contribution < 1.29 is 4.39 Å². The van der Waals surface area contributed by atoms with Gasteiger partial charge < -0.3 is 5.32 Å². The average molecular weight is 338 g/mol. The molecule has 0 radical (unpaired) electrons. The van der Waals surface area contributed by atoms with Crippen LogP contribution in [0.15, 0.2) is 42.5 Å². The molecule has 3 heteroatoms. The zero-order valence-corrected chi connectivity index (χ0v) is 15.7. The molecule has 0 bridgehead atoms. The molecule has 0 spiro atoms. The van der Waals surface area contributed by atoms with Gasteiger partial charge in [-0.2, -0.15) is 5.26 Å². The Morgan fingerprint density at radius 1 is 1.08 bits per heavy atom. The van der Waals surface area contributed by atoms with E-state index >= 15 is 0 Å². The van der Waals surface area contributed by atoms with Gasteiger partial charge in [-0.05, 0) is 40.7 Å². The zero-order chi connectivity index (χ0) is 18.6. The first-order valence-corrected chi connectivity index (χ1v) is 8.74. The van der Waals surface area contributed by atoms with E-state index in [1.165, 1.54) is 23.3 Å². The molecule has 0 amide bonds. The van der Waals surface area contributed by atoms with Gasteiger partial charge in [-0.25, -0.2) is 4.39 Å². The highest BCUT2D eigenvalue weighted by Crippen LogP contribution is 2.27. The van der Waals surface area contributed by atoms with Crippen LogP contribution in [0.1, 0.15) is 62.9 Å². The van der Waals surface area contributed by atoms with E-state index in [4.69, 9.17) is 5.26 Å². The summed E-state index contributed by atoms with van der Waals surface area (Å²) < 4.78 is 14.0. The standard InChI is InChI=1S/C22H27FN2/c1-15(2)21(17-7-9-19(10-8-17)22(3,4)5)25-14-18-12-16(13-24)6-11-20(18)23/h6-12,15,21,25H,14H2,1-5H3. The number of nitrogens with zero attached hydrogens (tertiary/aromatic N) is 1. The second kappa shape index (κ2) is 7.80. The molecule has 0 saturated carbocycles. The third-order valence-electron chi connectivity index (χ3n) is 4.49. The Morgan fingerprint density at radius 3 is 2.24 bits per heavy atom. The molecular formula is C22H27FN2. The van der Waals surface area contributed by atoms with Crippen molar-refractivity contribution in [3.8, 4) is 6.07 Å². The quantitative estimate of drug-likeness (QED) is 0.783. The fraction of sp³-hybridized carbons (Fsp3) is 0.409. The fourth-order valence-corrected chi connectivity index (χ4v) is 2.93. The van der Waals surface area contributed by atoms with E-state index in [1.54, 1.807) is 6.07 Å². The monoisotopic (exact) mass is 338 g/mol. The lowest BCUT2D eigenvalue weighted by Gasteiger charge is -2.25. The third-order valence-corrected chi connectivity index (χ3v) is 4.49. The topological polar surface area (TPSA) is 35.8 Å². The molecular weight excluding hydrogens is 311 g/mol. The summed E-state index contributed by atoms with van der Waals surface area (Å²) in [7, 11) is 0. The second-order valence-electron chi connectivity index (χ2n) is 7.89. The number of nitriles is 1. The van der Waals surface area contributed by atoms with Gasteiger partial charge in [0.2, 0.25) is 0 Å². The molecule has 0 heterocycles. The molecule has 0 saturated heterocycles. The summed E-state index contributed by atoms with van der Waals surface area (Å²) in [6.45, 7) is 11.3. The molecule has 2 rings (SSSR count). The minimum Gasteiger partial charge on any atom is -0.306 e. The van der Waals surface area contributed by atoms with E-state index in [1.807, 2.05) is 0 Å². The van der Waals surface area contributed by atoms with E-state index in [0.29, 0.717) is 23.6 Å². The van der Waals surface area contributed by atoms with Crippen LogP contribution in [0.2, 0.25) is 0 Å². The van der Waals surface area contributed by atoms with Crippen LogP contribution in [-0.2, 0) is 12.0 Å². The van der Waals surface area contributed by atoms with E-state index in [9.17, 15) is 4.39 Å². The summed E-state index contributed by atoms with van der Waals surface area (Å²) in [5.41, 5.74) is 3.62. The first-order valence-electron chi connectivity index (χ1n) is 8.74. The second-order valence-corrected chi connectivity index (χ2v) is 7.89. The van der Waals surface area contributed by atoms with Crippen LogP contribution >= 0.6 is 0 Å². The molecule has 2 aromatic rings. The number of hydrogen-bond donors (Lipinski definition) is 1. The van der Waals surface area contributed by atoms with Gasteiger partial charge in [0.05, 0.1) is 11.6 Å². The largest absolute Gasteiger partial charge is 0.306 e. The first kappa shape index (κ1) is 19.1. The minimum atomic E-state index is -0.280. The van der Waals surface area contributed by atoms with Crippen LogP contribution in [0, 0.1) is 23.1 Å². The molecule has 1 N–H and O–H groups in total. The van der Waals surface area contributed by atoms with Crippen molar-refractivity contribution in [3.63, 3.8) is 0 Å². The van der Waals surface area contributed by atoms with E-state index in [2.05, 4.69) is 70.3 Å². The molecule has 0 fully saturated rings. The molecule has 1 atom stereocenters. The summed E-state index contributed by atoms with van der Waals surface area (Å²) in [5, 5.41) is 12.4. The Balaban J connectivity index is 2.18. The van der Waals surface area contributed by atoms with Gasteiger partial charge in [-0.15, -0.1) is 0 Å². The van der Waals surface area contributed by atoms with Crippen molar-refractivity contribution in [3.05, 3.63) is 70.5 Å². The van der Waals surface area contributed by atoms with Crippen molar-refractivity contribution in [1.82, 2.24) is 5.32 Å². The van der Waals surface area contributed by atoms with Gasteiger partial charge >= 0.3 is 0 Å². The fourth-order valence-electron chi connectivity index (χ4n) is 2.93. The Bertz CT molecular complexity index is 749. The Labute approximate surface area is 150 Å². The maximum Gasteiger partial charge on any atom is 0.127 e. The number of benzene rings is 2. The Morgan fingerprint density at radius 2 is 1.72 bits per heavy atom. The molecule has 2 nitrogen and oxygen atoms in total. The van der Waals surface area contributed by atoms with E-state index < -0.39 is 0 Å². The Hall–Kier alpha value is -2.18. The number of hydrogen-bond acceptors (Lipinski definition) is 2. The van der Waals surface area contributed by atoms with Crippen molar-refractivity contribution in [2.75, 3.05) is 0 Å². The number of rotatable bonds is 5. The maximum absolute atomic E-state index is 14.0. The van der Waals surface area contributed by atoms with Crippen LogP contribution in [0.3, 0.4) is 0 Å². The molecule has 2 aromatic carbocycles. The lowest BCUT2D eigenvalue weighted by Crippen LogP contribution is -2.26. The van der Waals surface area contributed by atoms with Crippen LogP contribution in [0.25, 0.3) is 0 Å². The summed E-state index contributed by atoms with van der Waals surface area (Å²) in [5.74, 6) is 0.0831. The highest BCUT2D eigenvalue weighted by Gasteiger charge is 2.18. The van der Waals surface area contributed by atoms with Crippen molar-refractivity contribution >= 4 is 0 Å². The summed E-state index contributed by atoms with van der Waals surface area (Å²) in [6, 6.07) is 15.3. The van der Waals surface area contributed by atoms with E-state index in [-0.39, 0.29) is 17.3 Å². The van der Waals surface area contributed by atoms with Crippen molar-refractivity contribution in [1.29, 1.82) is 5.26 Å². The van der Waals surface area contributed by atoms with Crippen LogP contribution < -0.4 is 5.32 Å². The van der Waals surface area contributed by atoms with Crippen molar-refractivity contribution in [2.45, 2.75) is 52.6 Å². The highest BCUT2D eigenvalue weighted by atomic mass is 19.1. The lowest BCUT2D eigenvalue weighted by atomic mass is 9.85. The number of nitrogens with one attached hydrogen (secondary N) is 1. The number of halogens is 1. The van der Waals surface area contributed by atoms with E-state index in [0.717, 1.165) is 0 Å². The van der Waals surface area contributed by atoms with Crippen LogP contribution in [0.5, 0.6) is 0 Å². The maximum atomic E-state index is 14.0. The summed E-state index contributed by atoms with van der Waals surface area (Å²) in [6.07, 6.45) is 0. The third kappa shape index (κ3) is 4.90. The van der Waals surface area contributed by atoms with Gasteiger partial charge in [0.15, 0.2) is 0 Å². The van der Waals surface area contributed by atoms with Gasteiger partial charge in [-0.3, -0.25) is 0 Å². The lowest BCUT2D eigenvalue weighted by molar-refractivity contribution is 0.406. The van der Waals surface area contributed by atoms with Gasteiger partial charge in [0, 0.05) is 18.2 Å². The predicted molar refractivity (Wildman–Crippen MR) is 101 cm³/mol. The molecule has 0 aliphatic heterocycles. The SMILES string of the molecule is CC(C)C(NCc1cc(C#N)ccc1F)c1ccc(C(C)(C)C)cc1. The van der Waals surface area contributed by atoms with Crippen molar-refractivity contribution in [2.24, 2.45) is 5.92 Å². The first-order chi connectivity index (χ1) is 11.7. The average Bonchev–Trinajstić information content (AvgIpc) is 2.56. The smallest absolute Gasteiger partial charge is 0.127 e. The molecule has 132 valence electrons. The molecule has 0 aliphatic carbocycles. The Kier molecular flexibility index (Phi) is 5.98. The molecule has 0 aromatic heterocycles. The van der Waals surface area contributed by atoms with Gasteiger partial charge in [0.1, 0.15) is 5.82 Å². The zero-order valence-electron chi connectivity index (χ0n) is 15.7. The molecule has 25 heavy (non-hydrogen) atoms. The normalized spacial score (nSPS) is 12.9. The highest BCUT2D eigenvalue weighted by molar-refractivity contribution is 5.34. The summed E-state index contributed by atoms with van der Waals surface area (Å²) >= 11 is 0. The predicted octanol–water partition coefficient (Wildman–Crippen LogP) is 5.48. The van der Waals surface area contributed by atoms with Crippen LogP contribution in [0.4, 0.5) is 4.39 Å². The molecule has 1 unspecified atom stereocenters.